The minimum atomic E-state index is -1.86. The molecule has 0 aliphatic carbocycles. The van der Waals surface area contributed by atoms with Gasteiger partial charge >= 0.3 is 126 Å². The number of aryl methyl sites for hydroxylation is 2. The third-order valence-corrected chi connectivity index (χ3v) is 12.8. The molecule has 0 aliphatic rings. The molecule has 5 nitrogen and oxygen atoms in total. The normalized spacial score (nSPS) is 11.7. The average Bonchev–Trinajstić information content (AvgIpc) is 3.60. The van der Waals surface area contributed by atoms with Crippen molar-refractivity contribution in [1.29, 1.82) is 0 Å². The Morgan fingerprint density at radius 1 is 0.896 bits per heavy atom. The second-order valence-electron chi connectivity index (χ2n) is 14.2. The number of imidazole rings is 1. The van der Waals surface area contributed by atoms with Crippen LogP contribution in [0.15, 0.2) is 83.5 Å². The van der Waals surface area contributed by atoms with Crippen LogP contribution in [0.4, 0.5) is 0 Å². The van der Waals surface area contributed by atoms with Gasteiger partial charge < -0.3 is 8.98 Å². The molecule has 0 unspecified atom stereocenters. The third-order valence-electron chi connectivity index (χ3n) is 8.51. The van der Waals surface area contributed by atoms with Crippen molar-refractivity contribution >= 4 is 50.6 Å². The maximum absolute atomic E-state index is 6.26. The molecule has 3 aromatic carbocycles. The first-order valence-electron chi connectivity index (χ1n) is 16.6. The molecule has 48 heavy (non-hydrogen) atoms. The zero-order valence-corrected chi connectivity index (χ0v) is 33.9. The minimum Gasteiger partial charge on any atom is -0.499 e. The summed E-state index contributed by atoms with van der Waals surface area (Å²) in [5.74, 6) is 8.88. The molecule has 0 saturated carbocycles. The Morgan fingerprint density at radius 3 is 2.33 bits per heavy atom. The number of hydrogen-bond acceptors (Lipinski definition) is 4. The zero-order chi connectivity index (χ0) is 33.5. The van der Waals surface area contributed by atoms with Crippen molar-refractivity contribution < 1.29 is 24.5 Å². The molecule has 0 bridgehead atoms. The van der Waals surface area contributed by atoms with Crippen LogP contribution in [0, 0.1) is 31.9 Å². The van der Waals surface area contributed by atoms with E-state index in [1.807, 2.05) is 37.3 Å². The van der Waals surface area contributed by atoms with Gasteiger partial charge in [0.2, 0.25) is 0 Å². The summed E-state index contributed by atoms with van der Waals surface area (Å²) in [5, 5.41) is 2.21. The Hall–Kier alpha value is -3.58. The van der Waals surface area contributed by atoms with Crippen LogP contribution in [0.3, 0.4) is 0 Å². The third kappa shape index (κ3) is 7.22. The van der Waals surface area contributed by atoms with E-state index < -0.39 is 13.3 Å². The second kappa shape index (κ2) is 14.5. The first kappa shape index (κ1) is 35.7. The molecule has 0 spiro atoms. The van der Waals surface area contributed by atoms with Gasteiger partial charge in [0.05, 0.1) is 28.6 Å². The Balaban J connectivity index is 0.000000193. The van der Waals surface area contributed by atoms with Crippen molar-refractivity contribution in [3.05, 3.63) is 108 Å². The fourth-order valence-electron chi connectivity index (χ4n) is 6.38. The van der Waals surface area contributed by atoms with Gasteiger partial charge in [0.25, 0.3) is 0 Å². The van der Waals surface area contributed by atoms with Gasteiger partial charge in [-0.25, -0.2) is 0 Å². The Labute approximate surface area is 300 Å². The van der Waals surface area contributed by atoms with Crippen LogP contribution in [0.5, 0.6) is 0 Å². The Morgan fingerprint density at radius 2 is 1.65 bits per heavy atom. The van der Waals surface area contributed by atoms with Gasteiger partial charge in [-0.2, -0.15) is 0 Å². The first-order valence-corrected chi connectivity index (χ1v) is 23.9. The molecule has 0 amide bonds. The summed E-state index contributed by atoms with van der Waals surface area (Å²) < 4.78 is 10.1. The second-order valence-corrected chi connectivity index (χ2v) is 24.8. The van der Waals surface area contributed by atoms with Crippen molar-refractivity contribution in [1.82, 2.24) is 19.5 Å². The predicted octanol–water partition coefficient (Wildman–Crippen LogP) is 10.3. The smallest absolute Gasteiger partial charge is 0.139 e. The molecule has 0 atom stereocenters. The maximum atomic E-state index is 6.26. The molecule has 4 aromatic heterocycles. The fraction of sp³-hybridized carbons (Fsp3) is 0.293. The van der Waals surface area contributed by atoms with E-state index in [-0.39, 0.29) is 26.1 Å². The van der Waals surface area contributed by atoms with E-state index in [4.69, 9.17) is 14.4 Å². The summed E-state index contributed by atoms with van der Waals surface area (Å²) in [4.78, 5) is 14.0. The van der Waals surface area contributed by atoms with Crippen LogP contribution in [0.1, 0.15) is 50.6 Å². The van der Waals surface area contributed by atoms with Crippen LogP contribution in [0.25, 0.3) is 55.6 Å². The summed E-state index contributed by atoms with van der Waals surface area (Å²) in [6, 6.07) is 29.7. The number of benzene rings is 3. The van der Waals surface area contributed by atoms with Gasteiger partial charge in [0.1, 0.15) is 5.58 Å². The van der Waals surface area contributed by atoms with Crippen molar-refractivity contribution in [2.45, 2.75) is 71.3 Å². The van der Waals surface area contributed by atoms with E-state index in [0.29, 0.717) is 5.92 Å². The molecular weight excluding hydrogens is 829 g/mol. The summed E-state index contributed by atoms with van der Waals surface area (Å²) in [6.07, 6.45) is 5.08. The summed E-state index contributed by atoms with van der Waals surface area (Å²) in [7, 11) is 0. The maximum Gasteiger partial charge on any atom is 0.139 e. The molecule has 7 rings (SSSR count). The molecule has 0 saturated heterocycles. The average molecular weight is 874 g/mol. The van der Waals surface area contributed by atoms with E-state index in [2.05, 4.69) is 116 Å². The quantitative estimate of drug-likeness (QED) is 0.123. The molecule has 7 heteroatoms. The van der Waals surface area contributed by atoms with E-state index >= 15 is 0 Å². The Kier molecular flexibility index (Phi) is 10.8. The van der Waals surface area contributed by atoms with Crippen molar-refractivity contribution in [2.24, 2.45) is 5.92 Å². The monoisotopic (exact) mass is 875 g/mol. The van der Waals surface area contributed by atoms with Crippen LogP contribution >= 0.6 is 0 Å². The topological polar surface area (TPSA) is 56.7 Å². The zero-order valence-electron chi connectivity index (χ0n) is 29.4. The predicted molar refractivity (Wildman–Crippen MR) is 199 cm³/mol. The largest absolute Gasteiger partial charge is 0.499 e. The molecule has 0 N–H and O–H groups in total. The number of hydrogen-bond donors (Lipinski definition) is 0. The molecule has 7 aromatic rings. The van der Waals surface area contributed by atoms with Crippen LogP contribution < -0.4 is 4.40 Å². The molecule has 1 radical (unpaired) electrons. The van der Waals surface area contributed by atoms with Gasteiger partial charge in [0.15, 0.2) is 0 Å². The SMILES string of the molecule is CC(C)Cc1cc(-c2[c-]cccc2)nc[c]1[Ge]([CH3])([CH3])[CH3].Cc1cc2c(cn1)oc1c(-c3nc4ccccc4n3C(C)C)[c-]cc(C)c12.[Ir]. The standard InChI is InChI=1S/C23H20N3O.C18H24GeN.Ir/c1-13(2)26-19-8-6-5-7-18(19)25-23(26)16-10-9-14(3)21-17-11-15(4)24-12-20(17)27-22(16)21;1-14(2)11-16-12-18(15-9-7-6-8-10-15)20-13-17(16)19(3,4)5;/h5-9,11-13H,1-4H3;6-9,12-14H,11H2,1-5H3;/q2*-1;. The van der Waals surface area contributed by atoms with E-state index in [9.17, 15) is 0 Å². The summed E-state index contributed by atoms with van der Waals surface area (Å²) >= 11 is -1.86. The number of para-hydroxylation sites is 2. The van der Waals surface area contributed by atoms with Crippen molar-refractivity contribution in [3.63, 3.8) is 0 Å². The molecule has 0 fully saturated rings. The fourth-order valence-corrected chi connectivity index (χ4v) is 9.72. The molecule has 4 heterocycles. The molecule has 0 aliphatic heterocycles. The van der Waals surface area contributed by atoms with Gasteiger partial charge in [-0.1, -0.05) is 30.0 Å². The van der Waals surface area contributed by atoms with Crippen LogP contribution in [-0.2, 0) is 26.5 Å². The van der Waals surface area contributed by atoms with E-state index in [1.54, 1.807) is 10.6 Å². The van der Waals surface area contributed by atoms with Crippen molar-refractivity contribution in [3.8, 4) is 22.6 Å². The minimum absolute atomic E-state index is 0. The first-order chi connectivity index (χ1) is 22.4. The van der Waals surface area contributed by atoms with Crippen molar-refractivity contribution in [2.75, 3.05) is 0 Å². The summed E-state index contributed by atoms with van der Waals surface area (Å²) in [6.45, 7) is 13.0. The number of fused-ring (bicyclic) bond motifs is 4. The number of aromatic nitrogens is 4. The molecular formula is C41H44GeIrN4O-2. The van der Waals surface area contributed by atoms with E-state index in [1.165, 1.54) is 5.56 Å². The van der Waals surface area contributed by atoms with Gasteiger partial charge in [0, 0.05) is 37.2 Å². The van der Waals surface area contributed by atoms with Crippen LogP contribution in [-0.4, -0.2) is 32.8 Å². The number of pyridine rings is 2. The Bertz CT molecular complexity index is 2190. The summed E-state index contributed by atoms with van der Waals surface area (Å²) in [5.41, 5.74) is 10.4. The van der Waals surface area contributed by atoms with E-state index in [0.717, 1.165) is 73.3 Å². The number of furan rings is 1. The number of rotatable bonds is 6. The van der Waals surface area contributed by atoms with Gasteiger partial charge in [-0.05, 0) is 39.0 Å². The molecule has 249 valence electrons. The van der Waals surface area contributed by atoms with Gasteiger partial charge in [-0.15, -0.1) is 17.7 Å². The number of nitrogens with zero attached hydrogens (tertiary/aromatic N) is 4. The van der Waals surface area contributed by atoms with Gasteiger partial charge in [-0.3, -0.25) is 9.97 Å². The van der Waals surface area contributed by atoms with Crippen LogP contribution in [0.2, 0.25) is 17.3 Å².